The molecule has 0 aliphatic carbocycles. The summed E-state index contributed by atoms with van der Waals surface area (Å²) >= 11 is 1.47. The zero-order chi connectivity index (χ0) is 25.3. The number of hydrogen-bond donors (Lipinski definition) is 1. The van der Waals surface area contributed by atoms with Gasteiger partial charge in [-0.25, -0.2) is 9.79 Å². The highest BCUT2D eigenvalue weighted by molar-refractivity contribution is 8.16. The lowest BCUT2D eigenvalue weighted by Gasteiger charge is -2.36. The molecule has 0 bridgehead atoms. The molecular weight excluding hydrogens is 474 g/mol. The van der Waals surface area contributed by atoms with Crippen LogP contribution in [0.2, 0.25) is 0 Å². The number of rotatable bonds is 11. The number of esters is 1. The Bertz CT molecular complexity index is 1160. The van der Waals surface area contributed by atoms with Gasteiger partial charge in [0.15, 0.2) is 5.17 Å². The van der Waals surface area contributed by atoms with Gasteiger partial charge in [-0.2, -0.15) is 0 Å². The number of nitrogens with zero attached hydrogens (tertiary/aromatic N) is 2. The van der Waals surface area contributed by atoms with Gasteiger partial charge < -0.3 is 19.7 Å². The van der Waals surface area contributed by atoms with Crippen LogP contribution in [0, 0.1) is 0 Å². The molecule has 2 aliphatic heterocycles. The number of thioether (sulfide) groups is 1. The molecule has 2 heterocycles. The quantitative estimate of drug-likeness (QED) is 0.355. The summed E-state index contributed by atoms with van der Waals surface area (Å²) in [6.45, 7) is 2.91. The molecule has 36 heavy (non-hydrogen) atoms. The molecule has 2 aromatic rings. The minimum Gasteiger partial charge on any atom is -0.460 e. The van der Waals surface area contributed by atoms with Crippen LogP contribution in [0.3, 0.4) is 0 Å². The maximum atomic E-state index is 13.1. The number of amidine groups is 1. The van der Waals surface area contributed by atoms with E-state index in [9.17, 15) is 9.59 Å². The summed E-state index contributed by atoms with van der Waals surface area (Å²) in [4.78, 5) is 32.7. The summed E-state index contributed by atoms with van der Waals surface area (Å²) in [5.74, 6) is -0.485. The van der Waals surface area contributed by atoms with E-state index in [1.807, 2.05) is 65.8 Å². The fourth-order valence-corrected chi connectivity index (χ4v) is 5.23. The fourth-order valence-electron chi connectivity index (χ4n) is 4.27. The molecule has 0 unspecified atom stereocenters. The van der Waals surface area contributed by atoms with E-state index in [1.165, 1.54) is 17.3 Å². The van der Waals surface area contributed by atoms with E-state index < -0.39 is 12.0 Å². The molecule has 8 heteroatoms. The van der Waals surface area contributed by atoms with Crippen LogP contribution in [0.15, 0.2) is 88.0 Å². The predicted octanol–water partition coefficient (Wildman–Crippen LogP) is 4.59. The Kier molecular flexibility index (Phi) is 8.97. The molecule has 0 saturated heterocycles. The van der Waals surface area contributed by atoms with Crippen molar-refractivity contribution in [3.63, 3.8) is 0 Å². The van der Waals surface area contributed by atoms with Gasteiger partial charge in [0.25, 0.3) is 0 Å². The summed E-state index contributed by atoms with van der Waals surface area (Å²) in [6, 6.07) is 19.6. The van der Waals surface area contributed by atoms with E-state index in [0.29, 0.717) is 24.4 Å². The second-order valence-electron chi connectivity index (χ2n) is 8.55. The van der Waals surface area contributed by atoms with Crippen LogP contribution in [0.25, 0.3) is 0 Å². The molecular formula is C28H31N3O4S. The van der Waals surface area contributed by atoms with Crippen LogP contribution in [-0.2, 0) is 25.5 Å². The van der Waals surface area contributed by atoms with E-state index >= 15 is 0 Å². The molecule has 0 saturated carbocycles. The van der Waals surface area contributed by atoms with Crippen molar-refractivity contribution < 1.29 is 19.1 Å². The topological polar surface area (TPSA) is 80.2 Å². The van der Waals surface area contributed by atoms with Gasteiger partial charge in [-0.3, -0.25) is 4.79 Å². The third-order valence-corrected chi connectivity index (χ3v) is 6.89. The maximum absolute atomic E-state index is 13.1. The number of fused-ring (bicyclic) bond motifs is 1. The molecule has 4 rings (SSSR count). The monoisotopic (exact) mass is 505 g/mol. The van der Waals surface area contributed by atoms with Gasteiger partial charge in [0, 0.05) is 19.4 Å². The SMILES string of the molecule is COCCOC(=O)C1=C(C)N=C2SC=C(CC(=O)NCCCc3ccccc3)N2[C@@H]1c1ccccc1. The van der Waals surface area contributed by atoms with Crippen LogP contribution >= 0.6 is 11.8 Å². The molecule has 0 spiro atoms. The minimum atomic E-state index is -0.430. The number of amides is 1. The molecule has 7 nitrogen and oxygen atoms in total. The van der Waals surface area contributed by atoms with Crippen molar-refractivity contribution in [2.75, 3.05) is 26.9 Å². The van der Waals surface area contributed by atoms with E-state index in [-0.39, 0.29) is 18.9 Å². The van der Waals surface area contributed by atoms with Crippen LogP contribution in [-0.4, -0.2) is 48.8 Å². The molecule has 0 fully saturated rings. The van der Waals surface area contributed by atoms with Crippen molar-refractivity contribution in [1.29, 1.82) is 0 Å². The summed E-state index contributed by atoms with van der Waals surface area (Å²) < 4.78 is 10.5. The Labute approximate surface area is 216 Å². The fraction of sp³-hybridized carbons (Fsp3) is 0.321. The summed E-state index contributed by atoms with van der Waals surface area (Å²) in [5, 5.41) is 5.73. The Hall–Kier alpha value is -3.36. The third kappa shape index (κ3) is 6.25. The molecule has 0 aromatic heterocycles. The smallest absolute Gasteiger partial charge is 0.338 e. The van der Waals surface area contributed by atoms with Gasteiger partial charge in [0.1, 0.15) is 6.61 Å². The van der Waals surface area contributed by atoms with Crippen molar-refractivity contribution in [2.45, 2.75) is 32.2 Å². The van der Waals surface area contributed by atoms with Gasteiger partial charge in [0.05, 0.1) is 30.3 Å². The number of benzene rings is 2. The number of ether oxygens (including phenoxy) is 2. The molecule has 1 atom stereocenters. The zero-order valence-electron chi connectivity index (χ0n) is 20.6. The minimum absolute atomic E-state index is 0.0570. The molecule has 2 aliphatic rings. The van der Waals surface area contributed by atoms with E-state index in [4.69, 9.17) is 9.47 Å². The first-order chi connectivity index (χ1) is 17.6. The molecule has 1 N–H and O–H groups in total. The molecule has 0 radical (unpaired) electrons. The summed E-state index contributed by atoms with van der Waals surface area (Å²) in [7, 11) is 1.56. The first-order valence-corrected chi connectivity index (χ1v) is 12.9. The number of nitrogens with one attached hydrogen (secondary N) is 1. The Morgan fingerprint density at radius 2 is 1.78 bits per heavy atom. The predicted molar refractivity (Wildman–Crippen MR) is 142 cm³/mol. The zero-order valence-corrected chi connectivity index (χ0v) is 21.4. The highest BCUT2D eigenvalue weighted by atomic mass is 32.2. The van der Waals surface area contributed by atoms with Crippen molar-refractivity contribution in [3.8, 4) is 0 Å². The van der Waals surface area contributed by atoms with Crippen molar-refractivity contribution in [3.05, 3.63) is 94.2 Å². The normalized spacial score (nSPS) is 16.8. The highest BCUT2D eigenvalue weighted by Gasteiger charge is 2.41. The number of aryl methyl sites for hydroxylation is 1. The first kappa shape index (κ1) is 25.7. The Balaban J connectivity index is 1.46. The standard InChI is InChI=1S/C28H31N3O4S/c1-20-25(27(33)35-17-16-34-2)26(22-13-7-4-8-14-22)31-23(19-36-28(31)30-20)18-24(32)29-15-9-12-21-10-5-3-6-11-21/h3-8,10-11,13-14,19,26H,9,12,15-18H2,1-2H3,(H,29,32)/t26-/m1/s1. The van der Waals surface area contributed by atoms with Crippen LogP contribution in [0.5, 0.6) is 0 Å². The van der Waals surface area contributed by atoms with Crippen molar-refractivity contribution in [2.24, 2.45) is 4.99 Å². The van der Waals surface area contributed by atoms with Gasteiger partial charge in [-0.05, 0) is 36.3 Å². The van der Waals surface area contributed by atoms with Gasteiger partial charge in [0.2, 0.25) is 5.91 Å². The second-order valence-corrected chi connectivity index (χ2v) is 9.38. The van der Waals surface area contributed by atoms with Gasteiger partial charge >= 0.3 is 5.97 Å². The lowest BCUT2D eigenvalue weighted by atomic mass is 9.94. The van der Waals surface area contributed by atoms with Crippen LogP contribution < -0.4 is 5.32 Å². The first-order valence-electron chi connectivity index (χ1n) is 12.0. The Morgan fingerprint density at radius 3 is 2.50 bits per heavy atom. The van der Waals surface area contributed by atoms with E-state index in [2.05, 4.69) is 22.4 Å². The Morgan fingerprint density at radius 1 is 1.06 bits per heavy atom. The number of carbonyl (C=O) groups is 2. The lowest BCUT2D eigenvalue weighted by molar-refractivity contribution is -0.141. The average Bonchev–Trinajstić information content (AvgIpc) is 3.28. The summed E-state index contributed by atoms with van der Waals surface area (Å²) in [5.41, 5.74) is 4.08. The number of carbonyl (C=O) groups excluding carboxylic acids is 2. The molecule has 188 valence electrons. The highest BCUT2D eigenvalue weighted by Crippen LogP contribution is 2.44. The maximum Gasteiger partial charge on any atom is 0.338 e. The van der Waals surface area contributed by atoms with Gasteiger partial charge in [-0.15, -0.1) is 0 Å². The van der Waals surface area contributed by atoms with Gasteiger partial charge in [-0.1, -0.05) is 72.4 Å². The summed E-state index contributed by atoms with van der Waals surface area (Å²) in [6.07, 6.45) is 1.98. The molecule has 1 amide bonds. The number of aliphatic imine (C=N–C) groups is 1. The molecule has 2 aromatic carbocycles. The van der Waals surface area contributed by atoms with Crippen molar-refractivity contribution >= 4 is 28.8 Å². The van der Waals surface area contributed by atoms with Crippen LogP contribution in [0.1, 0.15) is 36.9 Å². The third-order valence-electron chi connectivity index (χ3n) is 6.01. The number of methoxy groups -OCH3 is 1. The van der Waals surface area contributed by atoms with Crippen molar-refractivity contribution in [1.82, 2.24) is 10.2 Å². The lowest BCUT2D eigenvalue weighted by Crippen LogP contribution is -2.38. The number of hydrogen-bond acceptors (Lipinski definition) is 7. The van der Waals surface area contributed by atoms with E-state index in [1.54, 1.807) is 7.11 Å². The second kappa shape index (κ2) is 12.6. The van der Waals surface area contributed by atoms with E-state index in [0.717, 1.165) is 29.3 Å². The van der Waals surface area contributed by atoms with Crippen LogP contribution in [0.4, 0.5) is 0 Å². The average molecular weight is 506 g/mol. The number of allylic oxidation sites excluding steroid dienone is 1. The largest absolute Gasteiger partial charge is 0.460 e.